The van der Waals surface area contributed by atoms with Crippen LogP contribution >= 0.6 is 11.6 Å². The summed E-state index contributed by atoms with van der Waals surface area (Å²) in [5.74, 6) is -0.990. The quantitative estimate of drug-likeness (QED) is 0.739. The zero-order chi connectivity index (χ0) is 9.84. The molecule has 0 atom stereocenters. The van der Waals surface area contributed by atoms with Gasteiger partial charge in [-0.3, -0.25) is 4.98 Å². The number of aliphatic carboxylic acids is 1. The second-order valence-electron chi connectivity index (χ2n) is 2.53. The SMILES string of the molecule is Cc1cc(Cl)cnc1C=CC(=O)O. The molecule has 3 nitrogen and oxygen atoms in total. The number of aromatic nitrogens is 1. The molecule has 0 spiro atoms. The van der Waals surface area contributed by atoms with Gasteiger partial charge in [-0.05, 0) is 24.6 Å². The molecule has 0 fully saturated rings. The number of hydrogen-bond acceptors (Lipinski definition) is 2. The predicted octanol–water partition coefficient (Wildman–Crippen LogP) is 2.14. The van der Waals surface area contributed by atoms with E-state index in [0.29, 0.717) is 10.7 Å². The molecule has 13 heavy (non-hydrogen) atoms. The highest BCUT2D eigenvalue weighted by Gasteiger charge is 1.97. The van der Waals surface area contributed by atoms with Crippen molar-refractivity contribution in [2.75, 3.05) is 0 Å². The molecule has 0 saturated carbocycles. The van der Waals surface area contributed by atoms with Gasteiger partial charge in [-0.1, -0.05) is 11.6 Å². The number of carboxylic acid groups (broad SMARTS) is 1. The van der Waals surface area contributed by atoms with Gasteiger partial charge < -0.3 is 5.11 Å². The molecule has 0 aromatic carbocycles. The summed E-state index contributed by atoms with van der Waals surface area (Å²) in [6, 6.07) is 1.73. The van der Waals surface area contributed by atoms with E-state index in [4.69, 9.17) is 16.7 Å². The van der Waals surface area contributed by atoms with Crippen molar-refractivity contribution in [2.45, 2.75) is 6.92 Å². The minimum absolute atomic E-state index is 0.546. The molecule has 1 N–H and O–H groups in total. The summed E-state index contributed by atoms with van der Waals surface area (Å²) in [4.78, 5) is 14.2. The van der Waals surface area contributed by atoms with Crippen LogP contribution in [-0.4, -0.2) is 16.1 Å². The summed E-state index contributed by atoms with van der Waals surface area (Å²) in [5.41, 5.74) is 1.47. The standard InChI is InChI=1S/C9H8ClNO2/c1-6-4-7(10)5-11-8(6)2-3-9(12)13/h2-5H,1H3,(H,12,13). The summed E-state index contributed by atoms with van der Waals surface area (Å²) in [6.07, 6.45) is 3.97. The molecular weight excluding hydrogens is 190 g/mol. The minimum atomic E-state index is -0.990. The van der Waals surface area contributed by atoms with Gasteiger partial charge in [0.1, 0.15) is 0 Å². The smallest absolute Gasteiger partial charge is 0.328 e. The molecule has 0 radical (unpaired) electrons. The van der Waals surface area contributed by atoms with E-state index in [0.717, 1.165) is 11.6 Å². The Hall–Kier alpha value is -1.35. The highest BCUT2D eigenvalue weighted by Crippen LogP contribution is 2.12. The van der Waals surface area contributed by atoms with Crippen molar-refractivity contribution < 1.29 is 9.90 Å². The molecule has 0 aliphatic heterocycles. The Balaban J connectivity index is 2.96. The molecular formula is C9H8ClNO2. The second kappa shape index (κ2) is 4.05. The highest BCUT2D eigenvalue weighted by molar-refractivity contribution is 6.30. The number of hydrogen-bond donors (Lipinski definition) is 1. The van der Waals surface area contributed by atoms with Gasteiger partial charge in [0.05, 0.1) is 10.7 Å². The topological polar surface area (TPSA) is 50.2 Å². The molecule has 0 saturated heterocycles. The van der Waals surface area contributed by atoms with Gasteiger partial charge in [0.2, 0.25) is 0 Å². The lowest BCUT2D eigenvalue weighted by molar-refractivity contribution is -0.131. The van der Waals surface area contributed by atoms with Crippen LogP contribution in [0.3, 0.4) is 0 Å². The van der Waals surface area contributed by atoms with Crippen LogP contribution in [0.15, 0.2) is 18.3 Å². The Kier molecular flexibility index (Phi) is 3.03. The number of carbonyl (C=O) groups is 1. The van der Waals surface area contributed by atoms with Gasteiger partial charge in [-0.25, -0.2) is 4.79 Å². The van der Waals surface area contributed by atoms with Crippen LogP contribution in [0.4, 0.5) is 0 Å². The molecule has 4 heteroatoms. The molecule has 0 unspecified atom stereocenters. The summed E-state index contributed by atoms with van der Waals surface area (Å²) in [6.45, 7) is 1.82. The van der Waals surface area contributed by atoms with Gasteiger partial charge in [0.15, 0.2) is 0 Å². The molecule has 0 aliphatic carbocycles. The zero-order valence-corrected chi connectivity index (χ0v) is 7.75. The van der Waals surface area contributed by atoms with E-state index in [2.05, 4.69) is 4.98 Å². The third kappa shape index (κ3) is 2.87. The maximum atomic E-state index is 10.2. The molecule has 0 amide bonds. The summed E-state index contributed by atoms with van der Waals surface area (Å²) >= 11 is 5.68. The van der Waals surface area contributed by atoms with Crippen molar-refractivity contribution in [1.29, 1.82) is 0 Å². The molecule has 68 valence electrons. The van der Waals surface area contributed by atoms with Crippen LogP contribution in [0.1, 0.15) is 11.3 Å². The molecule has 1 aromatic heterocycles. The van der Waals surface area contributed by atoms with Crippen molar-refractivity contribution in [3.63, 3.8) is 0 Å². The van der Waals surface area contributed by atoms with Gasteiger partial charge in [0, 0.05) is 12.3 Å². The third-order valence-corrected chi connectivity index (χ3v) is 1.68. The molecule has 1 heterocycles. The molecule has 0 aliphatic rings. The second-order valence-corrected chi connectivity index (χ2v) is 2.96. The average molecular weight is 198 g/mol. The number of halogens is 1. The number of pyridine rings is 1. The first-order valence-corrected chi connectivity index (χ1v) is 4.00. The number of nitrogens with zero attached hydrogens (tertiary/aromatic N) is 1. The Morgan fingerprint density at radius 1 is 1.69 bits per heavy atom. The summed E-state index contributed by atoms with van der Waals surface area (Å²) in [7, 11) is 0. The van der Waals surface area contributed by atoms with E-state index in [9.17, 15) is 4.79 Å². The minimum Gasteiger partial charge on any atom is -0.478 e. The van der Waals surface area contributed by atoms with E-state index in [1.165, 1.54) is 12.3 Å². The lowest BCUT2D eigenvalue weighted by Crippen LogP contribution is -1.89. The number of rotatable bonds is 2. The van der Waals surface area contributed by atoms with Crippen molar-refractivity contribution in [2.24, 2.45) is 0 Å². The van der Waals surface area contributed by atoms with Crippen molar-refractivity contribution in [3.05, 3.63) is 34.6 Å². The van der Waals surface area contributed by atoms with Gasteiger partial charge in [-0.15, -0.1) is 0 Å². The number of carboxylic acids is 1. The molecule has 1 rings (SSSR count). The predicted molar refractivity (Wildman–Crippen MR) is 50.7 cm³/mol. The van der Waals surface area contributed by atoms with E-state index in [1.807, 2.05) is 6.92 Å². The Morgan fingerprint density at radius 2 is 2.38 bits per heavy atom. The lowest BCUT2D eigenvalue weighted by Gasteiger charge is -1.98. The average Bonchev–Trinajstić information content (AvgIpc) is 2.02. The van der Waals surface area contributed by atoms with E-state index in [1.54, 1.807) is 6.07 Å². The van der Waals surface area contributed by atoms with Crippen molar-refractivity contribution in [1.82, 2.24) is 4.98 Å². The Morgan fingerprint density at radius 3 is 2.92 bits per heavy atom. The van der Waals surface area contributed by atoms with E-state index >= 15 is 0 Å². The fourth-order valence-electron chi connectivity index (χ4n) is 0.876. The maximum absolute atomic E-state index is 10.2. The normalized spacial score (nSPS) is 10.6. The van der Waals surface area contributed by atoms with E-state index in [-0.39, 0.29) is 0 Å². The first-order chi connectivity index (χ1) is 6.09. The van der Waals surface area contributed by atoms with Gasteiger partial charge in [-0.2, -0.15) is 0 Å². The zero-order valence-electron chi connectivity index (χ0n) is 6.99. The fourth-order valence-corrected chi connectivity index (χ4v) is 1.09. The van der Waals surface area contributed by atoms with Crippen LogP contribution in [0.5, 0.6) is 0 Å². The molecule has 0 bridgehead atoms. The van der Waals surface area contributed by atoms with Crippen LogP contribution in [0.2, 0.25) is 5.02 Å². The maximum Gasteiger partial charge on any atom is 0.328 e. The fraction of sp³-hybridized carbons (Fsp3) is 0.111. The van der Waals surface area contributed by atoms with E-state index < -0.39 is 5.97 Å². The van der Waals surface area contributed by atoms with Crippen LogP contribution < -0.4 is 0 Å². The first kappa shape index (κ1) is 9.74. The van der Waals surface area contributed by atoms with Crippen LogP contribution in [-0.2, 0) is 4.79 Å². The van der Waals surface area contributed by atoms with Crippen LogP contribution in [0, 0.1) is 6.92 Å². The summed E-state index contributed by atoms with van der Waals surface area (Å²) < 4.78 is 0. The van der Waals surface area contributed by atoms with Crippen molar-refractivity contribution >= 4 is 23.6 Å². The van der Waals surface area contributed by atoms with Crippen molar-refractivity contribution in [3.8, 4) is 0 Å². The molecule has 1 aromatic rings. The largest absolute Gasteiger partial charge is 0.478 e. The monoisotopic (exact) mass is 197 g/mol. The third-order valence-electron chi connectivity index (χ3n) is 1.47. The lowest BCUT2D eigenvalue weighted by atomic mass is 10.2. The first-order valence-electron chi connectivity index (χ1n) is 3.63. The van der Waals surface area contributed by atoms with Crippen LogP contribution in [0.25, 0.3) is 6.08 Å². The highest BCUT2D eigenvalue weighted by atomic mass is 35.5. The summed E-state index contributed by atoms with van der Waals surface area (Å²) in [5, 5.41) is 8.93. The Labute approximate surface area is 80.7 Å². The van der Waals surface area contributed by atoms with Gasteiger partial charge >= 0.3 is 5.97 Å². The number of aryl methyl sites for hydroxylation is 1. The van der Waals surface area contributed by atoms with Gasteiger partial charge in [0.25, 0.3) is 0 Å². The Bertz CT molecular complexity index is 361.